The number of amides is 1. The number of hydrogen-bond donors (Lipinski definition) is 0. The highest BCUT2D eigenvalue weighted by Gasteiger charge is 2.31. The highest BCUT2D eigenvalue weighted by Crippen LogP contribution is 2.33. The van der Waals surface area contributed by atoms with Crippen LogP contribution in [0, 0.1) is 6.92 Å². The summed E-state index contributed by atoms with van der Waals surface area (Å²) >= 11 is 1.48. The van der Waals surface area contributed by atoms with Gasteiger partial charge in [-0.15, -0.1) is 11.3 Å². The molecule has 140 valence electrons. The number of alkyl halides is 2. The quantitative estimate of drug-likeness (QED) is 0.682. The molecular weight excluding hydrogens is 372 g/mol. The summed E-state index contributed by atoms with van der Waals surface area (Å²) in [5.41, 5.74) is 1.27. The fraction of sp³-hybridized carbons (Fsp3) is 0.333. The van der Waals surface area contributed by atoms with Gasteiger partial charge in [0, 0.05) is 18.0 Å². The summed E-state index contributed by atoms with van der Waals surface area (Å²) in [6.45, 7) is 1.97. The van der Waals surface area contributed by atoms with Crippen LogP contribution in [0.2, 0.25) is 0 Å². The normalized spacial score (nSPS) is 16.6. The Bertz CT molecular complexity index is 1030. The van der Waals surface area contributed by atoms with E-state index in [-0.39, 0.29) is 23.4 Å². The molecule has 3 heterocycles. The minimum atomic E-state index is -2.67. The smallest absolute Gasteiger partial charge is 0.280 e. The van der Waals surface area contributed by atoms with E-state index in [1.165, 1.54) is 28.2 Å². The van der Waals surface area contributed by atoms with Crippen molar-refractivity contribution in [2.45, 2.75) is 32.2 Å². The van der Waals surface area contributed by atoms with E-state index in [9.17, 15) is 13.6 Å². The van der Waals surface area contributed by atoms with Gasteiger partial charge in [0.2, 0.25) is 0 Å². The van der Waals surface area contributed by atoms with Crippen LogP contribution >= 0.6 is 11.3 Å². The lowest BCUT2D eigenvalue weighted by Gasteiger charge is -2.37. The van der Waals surface area contributed by atoms with E-state index in [1.807, 2.05) is 25.1 Å². The molecule has 1 fully saturated rings. The summed E-state index contributed by atoms with van der Waals surface area (Å²) in [5, 5.41) is 4.05. The lowest BCUT2D eigenvalue weighted by Crippen LogP contribution is -2.42. The number of halogens is 2. The molecule has 3 aromatic rings. The van der Waals surface area contributed by atoms with E-state index >= 15 is 0 Å². The molecule has 1 aliphatic rings. The van der Waals surface area contributed by atoms with Gasteiger partial charge < -0.3 is 4.90 Å². The summed E-state index contributed by atoms with van der Waals surface area (Å²) in [6, 6.07) is 5.22. The van der Waals surface area contributed by atoms with Crippen molar-refractivity contribution < 1.29 is 13.6 Å². The van der Waals surface area contributed by atoms with Crippen molar-refractivity contribution in [1.82, 2.24) is 24.5 Å². The second-order valence-corrected chi connectivity index (χ2v) is 7.86. The molecule has 0 bridgehead atoms. The Morgan fingerprint density at radius 2 is 2.19 bits per heavy atom. The summed E-state index contributed by atoms with van der Waals surface area (Å²) in [4.78, 5) is 23.8. The van der Waals surface area contributed by atoms with Crippen molar-refractivity contribution in [3.63, 3.8) is 0 Å². The summed E-state index contributed by atoms with van der Waals surface area (Å²) < 4.78 is 27.5. The SMILES string of the molecule is Cc1ccc(C(=O)N(C)C2CC(=Cc3cc(C(F)F)nc4ncnn34)C2)s1. The van der Waals surface area contributed by atoms with Crippen LogP contribution in [-0.4, -0.2) is 43.5 Å². The van der Waals surface area contributed by atoms with Crippen LogP contribution in [0.5, 0.6) is 0 Å². The maximum atomic E-state index is 13.1. The zero-order chi connectivity index (χ0) is 19.1. The Hall–Kier alpha value is -2.68. The van der Waals surface area contributed by atoms with E-state index in [4.69, 9.17) is 0 Å². The van der Waals surface area contributed by atoms with Crippen LogP contribution < -0.4 is 0 Å². The van der Waals surface area contributed by atoms with E-state index in [2.05, 4.69) is 15.1 Å². The fourth-order valence-corrected chi connectivity index (χ4v) is 3.95. The average Bonchev–Trinajstić information content (AvgIpc) is 3.24. The van der Waals surface area contributed by atoms with Gasteiger partial charge in [-0.2, -0.15) is 14.6 Å². The number of rotatable bonds is 4. The fourth-order valence-electron chi connectivity index (χ4n) is 3.10. The molecule has 1 saturated carbocycles. The van der Waals surface area contributed by atoms with Crippen LogP contribution in [0.4, 0.5) is 8.78 Å². The first-order valence-corrected chi connectivity index (χ1v) is 9.26. The molecule has 0 aromatic carbocycles. The van der Waals surface area contributed by atoms with E-state index in [0.717, 1.165) is 15.3 Å². The number of carbonyl (C=O) groups is 1. The Morgan fingerprint density at radius 3 is 2.85 bits per heavy atom. The predicted octanol–water partition coefficient (Wildman–Crippen LogP) is 3.75. The van der Waals surface area contributed by atoms with Crippen LogP contribution in [-0.2, 0) is 0 Å². The third kappa shape index (κ3) is 3.34. The molecule has 1 aliphatic carbocycles. The standard InChI is InChI=1S/C18H17F2N5OS/c1-10-3-4-15(27-10)17(26)24(2)12-5-11(6-12)7-13-8-14(16(19)20)23-18-21-9-22-25(13)18/h3-4,7-9,12,16H,5-6H2,1-2H3. The molecule has 3 aromatic heterocycles. The number of fused-ring (bicyclic) bond motifs is 1. The Kier molecular flexibility index (Phi) is 4.47. The maximum Gasteiger partial charge on any atom is 0.280 e. The lowest BCUT2D eigenvalue weighted by atomic mass is 9.84. The largest absolute Gasteiger partial charge is 0.337 e. The van der Waals surface area contributed by atoms with Gasteiger partial charge in [-0.3, -0.25) is 4.79 Å². The first-order valence-electron chi connectivity index (χ1n) is 8.44. The minimum absolute atomic E-state index is 0.0136. The zero-order valence-electron chi connectivity index (χ0n) is 14.8. The van der Waals surface area contributed by atoms with Gasteiger partial charge in [-0.05, 0) is 44.0 Å². The monoisotopic (exact) mass is 389 g/mol. The second kappa shape index (κ2) is 6.80. The molecule has 0 spiro atoms. The van der Waals surface area contributed by atoms with Gasteiger partial charge in [0.25, 0.3) is 18.1 Å². The van der Waals surface area contributed by atoms with Gasteiger partial charge in [0.1, 0.15) is 12.0 Å². The number of hydrogen-bond acceptors (Lipinski definition) is 5. The van der Waals surface area contributed by atoms with Crippen molar-refractivity contribution in [2.24, 2.45) is 0 Å². The third-order valence-electron chi connectivity index (χ3n) is 4.69. The number of carbonyl (C=O) groups excluding carboxylic acids is 1. The first-order chi connectivity index (χ1) is 12.9. The summed E-state index contributed by atoms with van der Waals surface area (Å²) in [7, 11) is 1.80. The van der Waals surface area contributed by atoms with Gasteiger partial charge >= 0.3 is 0 Å². The van der Waals surface area contributed by atoms with E-state index in [1.54, 1.807) is 11.9 Å². The first kappa shape index (κ1) is 17.7. The molecule has 0 atom stereocenters. The van der Waals surface area contributed by atoms with Crippen molar-refractivity contribution in [3.05, 3.63) is 51.2 Å². The molecule has 27 heavy (non-hydrogen) atoms. The summed E-state index contributed by atoms with van der Waals surface area (Å²) in [6.07, 6.45) is 1.86. The van der Waals surface area contributed by atoms with Crippen molar-refractivity contribution in [2.75, 3.05) is 7.05 Å². The van der Waals surface area contributed by atoms with Crippen LogP contribution in [0.25, 0.3) is 11.9 Å². The average molecular weight is 389 g/mol. The topological polar surface area (TPSA) is 63.4 Å². The van der Waals surface area contributed by atoms with E-state index < -0.39 is 6.43 Å². The van der Waals surface area contributed by atoms with Crippen molar-refractivity contribution in [1.29, 1.82) is 0 Å². The Morgan fingerprint density at radius 1 is 1.41 bits per heavy atom. The van der Waals surface area contributed by atoms with Crippen molar-refractivity contribution >= 4 is 29.1 Å². The maximum absolute atomic E-state index is 13.1. The number of nitrogens with zero attached hydrogens (tertiary/aromatic N) is 5. The van der Waals surface area contributed by atoms with Gasteiger partial charge in [0.05, 0.1) is 10.6 Å². The predicted molar refractivity (Wildman–Crippen MR) is 97.9 cm³/mol. The highest BCUT2D eigenvalue weighted by atomic mass is 32.1. The molecule has 1 amide bonds. The van der Waals surface area contributed by atoms with Crippen LogP contribution in [0.3, 0.4) is 0 Å². The summed E-state index contributed by atoms with van der Waals surface area (Å²) in [5.74, 6) is 0.163. The number of aryl methyl sites for hydroxylation is 1. The van der Waals surface area contributed by atoms with Crippen molar-refractivity contribution in [3.8, 4) is 0 Å². The van der Waals surface area contributed by atoms with Gasteiger partial charge in [-0.25, -0.2) is 13.8 Å². The number of aromatic nitrogens is 4. The molecular formula is C18H17F2N5OS. The third-order valence-corrected chi connectivity index (χ3v) is 5.68. The Labute approximate surface area is 158 Å². The molecule has 0 unspecified atom stereocenters. The minimum Gasteiger partial charge on any atom is -0.337 e. The lowest BCUT2D eigenvalue weighted by molar-refractivity contribution is 0.0704. The highest BCUT2D eigenvalue weighted by molar-refractivity contribution is 7.13. The van der Waals surface area contributed by atoms with Gasteiger partial charge in [0.15, 0.2) is 0 Å². The molecule has 0 aliphatic heterocycles. The molecule has 0 radical (unpaired) electrons. The molecule has 9 heteroatoms. The molecule has 4 rings (SSSR count). The molecule has 6 nitrogen and oxygen atoms in total. The van der Waals surface area contributed by atoms with E-state index in [0.29, 0.717) is 18.5 Å². The molecule has 0 N–H and O–H groups in total. The zero-order valence-corrected chi connectivity index (χ0v) is 15.6. The number of thiophene rings is 1. The Balaban J connectivity index is 1.51. The second-order valence-electron chi connectivity index (χ2n) is 6.57. The van der Waals surface area contributed by atoms with Crippen LogP contribution in [0.1, 0.15) is 45.2 Å². The molecule has 0 saturated heterocycles. The van der Waals surface area contributed by atoms with Crippen LogP contribution in [0.15, 0.2) is 30.1 Å². The van der Waals surface area contributed by atoms with Gasteiger partial charge in [-0.1, -0.05) is 5.57 Å².